The molecule has 1 aliphatic heterocycles. The zero-order chi connectivity index (χ0) is 6.81. The Labute approximate surface area is 77.7 Å². The second-order valence-electron chi connectivity index (χ2n) is 2.07. The molecule has 0 saturated heterocycles. The first-order valence-electron chi connectivity index (χ1n) is 3.22. The molecule has 0 radical (unpaired) electrons. The Balaban J connectivity index is 0.000000605. The maximum Gasteiger partial charge on any atom is 1.00 e. The van der Waals surface area contributed by atoms with E-state index in [0.717, 1.165) is 11.5 Å². The molecular weight excluding hydrogens is 135 g/mol. The molecule has 1 aliphatic rings. The van der Waals surface area contributed by atoms with E-state index in [-0.39, 0.29) is 18.9 Å². The fourth-order valence-electron chi connectivity index (χ4n) is 0.936. The number of rotatable bonds is 0. The second-order valence-corrected chi connectivity index (χ2v) is 2.07. The van der Waals surface area contributed by atoms with Gasteiger partial charge in [0.1, 0.15) is 13.2 Å². The summed E-state index contributed by atoms with van der Waals surface area (Å²) in [5.74, 6) is 1.62. The molecule has 0 aromatic heterocycles. The Morgan fingerprint density at radius 1 is 1.18 bits per heavy atom. The minimum absolute atomic E-state index is 0. The van der Waals surface area contributed by atoms with Crippen LogP contribution >= 0.6 is 0 Å². The van der Waals surface area contributed by atoms with Gasteiger partial charge in [-0.25, -0.2) is 0 Å². The Kier molecular flexibility index (Phi) is 2.87. The van der Waals surface area contributed by atoms with Crippen LogP contribution in [0, 0.1) is 6.07 Å². The van der Waals surface area contributed by atoms with E-state index in [1.807, 2.05) is 12.1 Å². The molecule has 1 aromatic rings. The van der Waals surface area contributed by atoms with E-state index in [9.17, 15) is 0 Å². The first-order chi connectivity index (χ1) is 4.97. The van der Waals surface area contributed by atoms with Gasteiger partial charge in [0.25, 0.3) is 0 Å². The molecule has 1 aromatic carbocycles. The van der Waals surface area contributed by atoms with Crippen molar-refractivity contribution < 1.29 is 28.3 Å². The fraction of sp³-hybridized carbons (Fsp3) is 0.250. The van der Waals surface area contributed by atoms with E-state index in [1.165, 1.54) is 0 Å². The summed E-state index contributed by atoms with van der Waals surface area (Å²) in [5, 5.41) is 0. The van der Waals surface area contributed by atoms with Crippen molar-refractivity contribution in [3.05, 3.63) is 24.3 Å². The van der Waals surface area contributed by atoms with Crippen molar-refractivity contribution >= 4 is 0 Å². The van der Waals surface area contributed by atoms with E-state index in [1.54, 1.807) is 6.07 Å². The summed E-state index contributed by atoms with van der Waals surface area (Å²) in [4.78, 5) is 0. The van der Waals surface area contributed by atoms with E-state index < -0.39 is 0 Å². The van der Waals surface area contributed by atoms with Crippen molar-refractivity contribution in [2.45, 2.75) is 0 Å². The molecule has 0 unspecified atom stereocenters. The van der Waals surface area contributed by atoms with Gasteiger partial charge in [0, 0.05) is 5.75 Å². The van der Waals surface area contributed by atoms with Gasteiger partial charge in [0.05, 0.1) is 5.75 Å². The van der Waals surface area contributed by atoms with Crippen molar-refractivity contribution in [2.75, 3.05) is 13.2 Å². The Hall–Kier alpha value is -0.583. The van der Waals surface area contributed by atoms with Gasteiger partial charge in [0.2, 0.25) is 0 Å². The summed E-state index contributed by atoms with van der Waals surface area (Å²) >= 11 is 0. The minimum atomic E-state index is 0. The molecule has 0 bridgehead atoms. The van der Waals surface area contributed by atoms with Crippen molar-refractivity contribution in [2.24, 2.45) is 0 Å². The van der Waals surface area contributed by atoms with Crippen LogP contribution in [0.15, 0.2) is 18.2 Å². The molecule has 3 heteroatoms. The molecule has 52 valence electrons. The molecule has 2 rings (SSSR count). The Morgan fingerprint density at radius 3 is 2.64 bits per heavy atom. The normalized spacial score (nSPS) is 13.5. The number of ether oxygens (including phenoxy) is 2. The zero-order valence-electron chi connectivity index (χ0n) is 6.46. The maximum atomic E-state index is 5.28. The quantitative estimate of drug-likeness (QED) is 0.316. The first kappa shape index (κ1) is 8.51. The Morgan fingerprint density at radius 2 is 1.91 bits per heavy atom. The second kappa shape index (κ2) is 3.71. The van der Waals surface area contributed by atoms with E-state index in [2.05, 4.69) is 6.07 Å². The third kappa shape index (κ3) is 1.71. The molecule has 1 heterocycles. The molecule has 0 spiro atoms. The van der Waals surface area contributed by atoms with E-state index in [0.29, 0.717) is 13.2 Å². The molecule has 0 fully saturated rings. The average Bonchev–Trinajstić information content (AvgIpc) is 2.05. The molecule has 11 heavy (non-hydrogen) atoms. The first-order valence-corrected chi connectivity index (χ1v) is 3.22. The summed E-state index contributed by atoms with van der Waals surface area (Å²) in [6.45, 7) is 1.29. The van der Waals surface area contributed by atoms with Crippen LogP contribution in [-0.2, 0) is 0 Å². The van der Waals surface area contributed by atoms with Crippen molar-refractivity contribution in [1.82, 2.24) is 0 Å². The number of hydrogen-bond acceptors (Lipinski definition) is 2. The predicted molar refractivity (Wildman–Crippen MR) is 36.3 cm³/mol. The number of hydrogen-bond donors (Lipinski definition) is 0. The third-order valence-electron chi connectivity index (χ3n) is 1.39. The molecule has 0 aliphatic carbocycles. The summed E-state index contributed by atoms with van der Waals surface area (Å²) in [7, 11) is 0. The van der Waals surface area contributed by atoms with E-state index in [4.69, 9.17) is 9.47 Å². The molecule has 2 nitrogen and oxygen atoms in total. The van der Waals surface area contributed by atoms with Crippen LogP contribution in [0.2, 0.25) is 0 Å². The molecule has 0 N–H and O–H groups in total. The number of fused-ring (bicyclic) bond motifs is 1. The summed E-state index contributed by atoms with van der Waals surface area (Å²) in [6.07, 6.45) is 0. The van der Waals surface area contributed by atoms with Crippen LogP contribution in [0.1, 0.15) is 0 Å². The van der Waals surface area contributed by atoms with Crippen LogP contribution in [-0.4, -0.2) is 13.2 Å². The van der Waals surface area contributed by atoms with Crippen molar-refractivity contribution in [3.63, 3.8) is 0 Å². The van der Waals surface area contributed by atoms with Crippen LogP contribution in [0.25, 0.3) is 0 Å². The summed E-state index contributed by atoms with van der Waals surface area (Å²) < 4.78 is 10.5. The summed E-state index contributed by atoms with van der Waals surface area (Å²) in [5.41, 5.74) is 0. The van der Waals surface area contributed by atoms with Gasteiger partial charge >= 0.3 is 18.9 Å². The summed E-state index contributed by atoms with van der Waals surface area (Å²) in [6, 6.07) is 8.37. The molecule has 0 saturated carbocycles. The van der Waals surface area contributed by atoms with Crippen LogP contribution < -0.4 is 28.3 Å². The average molecular weight is 142 g/mol. The third-order valence-corrected chi connectivity index (χ3v) is 1.39. The minimum Gasteiger partial charge on any atom is -0.544 e. The van der Waals surface area contributed by atoms with Gasteiger partial charge in [0.15, 0.2) is 0 Å². The van der Waals surface area contributed by atoms with Gasteiger partial charge in [-0.15, -0.1) is 12.1 Å². The van der Waals surface area contributed by atoms with Gasteiger partial charge in [-0.3, -0.25) is 0 Å². The van der Waals surface area contributed by atoms with Gasteiger partial charge in [-0.05, 0) is 0 Å². The van der Waals surface area contributed by atoms with E-state index >= 15 is 0 Å². The standard InChI is InChI=1S/C8H7O2.Li/c1-2-4-8-7(3-1)9-5-6-10-8;/h1,3-4H,5-6H2;/q-1;+1. The van der Waals surface area contributed by atoms with Crippen molar-refractivity contribution in [3.8, 4) is 11.5 Å². The van der Waals surface area contributed by atoms with Crippen molar-refractivity contribution in [1.29, 1.82) is 0 Å². The van der Waals surface area contributed by atoms with Crippen LogP contribution in [0.5, 0.6) is 11.5 Å². The smallest absolute Gasteiger partial charge is 0.544 e. The monoisotopic (exact) mass is 142 g/mol. The maximum absolute atomic E-state index is 5.28. The van der Waals surface area contributed by atoms with Gasteiger partial charge in [-0.2, -0.15) is 12.1 Å². The number of benzene rings is 1. The van der Waals surface area contributed by atoms with Crippen LogP contribution in [0.3, 0.4) is 0 Å². The molecule has 0 amide bonds. The Bertz CT molecular complexity index is 212. The molecule has 0 atom stereocenters. The fourth-order valence-corrected chi connectivity index (χ4v) is 0.936. The SMILES string of the molecule is [Li+].[c-]1ccc2c(c1)OCCO2. The topological polar surface area (TPSA) is 18.5 Å². The largest absolute Gasteiger partial charge is 1.00 e. The van der Waals surface area contributed by atoms with Gasteiger partial charge in [-0.1, -0.05) is 0 Å². The van der Waals surface area contributed by atoms with Gasteiger partial charge < -0.3 is 9.47 Å². The van der Waals surface area contributed by atoms with Crippen LogP contribution in [0.4, 0.5) is 0 Å². The predicted octanol–water partition coefficient (Wildman–Crippen LogP) is -1.74. The zero-order valence-corrected chi connectivity index (χ0v) is 6.46. The molecular formula is C8H7LiO2.